The zero-order chi connectivity index (χ0) is 12.6. The van der Waals surface area contributed by atoms with Crippen molar-refractivity contribution in [1.82, 2.24) is 19.7 Å². The zero-order valence-electron chi connectivity index (χ0n) is 10.8. The van der Waals surface area contributed by atoms with Crippen molar-refractivity contribution >= 4 is 0 Å². The van der Waals surface area contributed by atoms with Gasteiger partial charge in [-0.3, -0.25) is 4.68 Å². The van der Waals surface area contributed by atoms with Gasteiger partial charge in [0.05, 0.1) is 17.6 Å². The van der Waals surface area contributed by atoms with E-state index in [4.69, 9.17) is 5.73 Å². The van der Waals surface area contributed by atoms with Crippen LogP contribution in [0.1, 0.15) is 24.1 Å². The lowest BCUT2D eigenvalue weighted by Crippen LogP contribution is -2.18. The summed E-state index contributed by atoms with van der Waals surface area (Å²) < 4.78 is 1.89. The molecule has 2 aromatic rings. The molecule has 0 radical (unpaired) electrons. The standard InChI is InChI=1S/C12H19N5/c1-7(13)5-11-14-6-10(15-11)12-8(2)16-17(4)9(12)3/h6-7H,5,13H2,1-4H3,(H,14,15). The van der Waals surface area contributed by atoms with Crippen LogP contribution in [0.3, 0.4) is 0 Å². The summed E-state index contributed by atoms with van der Waals surface area (Å²) in [5.74, 6) is 0.928. The summed E-state index contributed by atoms with van der Waals surface area (Å²) in [6.45, 7) is 6.04. The van der Waals surface area contributed by atoms with Gasteiger partial charge in [0.1, 0.15) is 5.82 Å². The molecule has 0 aliphatic carbocycles. The molecule has 92 valence electrons. The molecule has 5 nitrogen and oxygen atoms in total. The lowest BCUT2D eigenvalue weighted by Gasteiger charge is -2.01. The summed E-state index contributed by atoms with van der Waals surface area (Å²) in [7, 11) is 1.95. The van der Waals surface area contributed by atoms with Gasteiger partial charge in [-0.15, -0.1) is 0 Å². The van der Waals surface area contributed by atoms with Crippen LogP contribution < -0.4 is 5.73 Å². The van der Waals surface area contributed by atoms with Crippen LogP contribution in [0.2, 0.25) is 0 Å². The topological polar surface area (TPSA) is 72.5 Å². The summed E-state index contributed by atoms with van der Waals surface area (Å²) in [6, 6.07) is 0.116. The second-order valence-corrected chi connectivity index (χ2v) is 4.59. The number of nitrogens with two attached hydrogens (primary N) is 1. The van der Waals surface area contributed by atoms with Crippen molar-refractivity contribution in [3.8, 4) is 11.3 Å². The van der Waals surface area contributed by atoms with Gasteiger partial charge in [0.15, 0.2) is 0 Å². The first-order valence-electron chi connectivity index (χ1n) is 5.79. The Morgan fingerprint density at radius 2 is 2.18 bits per heavy atom. The average Bonchev–Trinajstić information content (AvgIpc) is 2.73. The van der Waals surface area contributed by atoms with E-state index in [9.17, 15) is 0 Å². The molecule has 0 aliphatic heterocycles. The fourth-order valence-corrected chi connectivity index (χ4v) is 2.06. The fraction of sp³-hybridized carbons (Fsp3) is 0.500. The second kappa shape index (κ2) is 4.33. The molecule has 17 heavy (non-hydrogen) atoms. The Kier molecular flexibility index (Phi) is 3.02. The predicted molar refractivity (Wildman–Crippen MR) is 67.6 cm³/mol. The van der Waals surface area contributed by atoms with Crippen molar-refractivity contribution in [3.63, 3.8) is 0 Å². The Hall–Kier alpha value is -1.62. The molecule has 0 fully saturated rings. The minimum absolute atomic E-state index is 0.116. The first kappa shape index (κ1) is 11.9. The quantitative estimate of drug-likeness (QED) is 0.839. The number of aromatic nitrogens is 4. The van der Waals surface area contributed by atoms with Crippen molar-refractivity contribution in [2.45, 2.75) is 33.2 Å². The molecule has 0 aromatic carbocycles. The molecule has 0 saturated heterocycles. The van der Waals surface area contributed by atoms with Gasteiger partial charge in [-0.25, -0.2) is 4.98 Å². The van der Waals surface area contributed by atoms with Gasteiger partial charge >= 0.3 is 0 Å². The molecule has 0 amide bonds. The van der Waals surface area contributed by atoms with Crippen LogP contribution in [0.5, 0.6) is 0 Å². The molecule has 2 aromatic heterocycles. The number of imidazole rings is 1. The molecular formula is C12H19N5. The highest BCUT2D eigenvalue weighted by Crippen LogP contribution is 2.24. The van der Waals surface area contributed by atoms with Gasteiger partial charge in [-0.1, -0.05) is 0 Å². The maximum atomic E-state index is 5.76. The van der Waals surface area contributed by atoms with E-state index in [0.29, 0.717) is 0 Å². The monoisotopic (exact) mass is 233 g/mol. The van der Waals surface area contributed by atoms with Crippen LogP contribution >= 0.6 is 0 Å². The van der Waals surface area contributed by atoms with Gasteiger partial charge in [0.2, 0.25) is 0 Å². The zero-order valence-corrected chi connectivity index (χ0v) is 10.8. The van der Waals surface area contributed by atoms with Crippen molar-refractivity contribution < 1.29 is 0 Å². The van der Waals surface area contributed by atoms with Crippen molar-refractivity contribution in [2.75, 3.05) is 0 Å². The molecule has 2 rings (SSSR count). The van der Waals surface area contributed by atoms with Gasteiger partial charge in [0, 0.05) is 30.8 Å². The Morgan fingerprint density at radius 3 is 2.71 bits per heavy atom. The Morgan fingerprint density at radius 1 is 1.47 bits per heavy atom. The molecule has 0 bridgehead atoms. The fourth-order valence-electron chi connectivity index (χ4n) is 2.06. The number of aryl methyl sites for hydroxylation is 2. The molecule has 2 heterocycles. The summed E-state index contributed by atoms with van der Waals surface area (Å²) in [4.78, 5) is 7.66. The number of hydrogen-bond acceptors (Lipinski definition) is 3. The lowest BCUT2D eigenvalue weighted by molar-refractivity contribution is 0.710. The smallest absolute Gasteiger partial charge is 0.108 e. The van der Waals surface area contributed by atoms with E-state index in [0.717, 1.165) is 34.9 Å². The van der Waals surface area contributed by atoms with Crippen LogP contribution in [0, 0.1) is 13.8 Å². The molecule has 1 unspecified atom stereocenters. The summed E-state index contributed by atoms with van der Waals surface area (Å²) in [6.07, 6.45) is 2.62. The van der Waals surface area contributed by atoms with Crippen molar-refractivity contribution in [2.24, 2.45) is 12.8 Å². The highest BCUT2D eigenvalue weighted by molar-refractivity contribution is 5.64. The van der Waals surface area contributed by atoms with E-state index < -0.39 is 0 Å². The van der Waals surface area contributed by atoms with E-state index in [2.05, 4.69) is 22.0 Å². The minimum atomic E-state index is 0.116. The van der Waals surface area contributed by atoms with Gasteiger partial charge in [-0.05, 0) is 20.8 Å². The number of nitrogens with one attached hydrogen (secondary N) is 1. The third-order valence-electron chi connectivity index (χ3n) is 2.92. The third-order valence-corrected chi connectivity index (χ3v) is 2.92. The van der Waals surface area contributed by atoms with Crippen LogP contribution in [0.15, 0.2) is 6.20 Å². The van der Waals surface area contributed by atoms with Gasteiger partial charge < -0.3 is 10.7 Å². The summed E-state index contributed by atoms with van der Waals surface area (Å²) in [5.41, 5.74) is 10.1. The van der Waals surface area contributed by atoms with E-state index >= 15 is 0 Å². The van der Waals surface area contributed by atoms with Gasteiger partial charge in [0.25, 0.3) is 0 Å². The normalized spacial score (nSPS) is 13.0. The first-order valence-corrected chi connectivity index (χ1v) is 5.79. The largest absolute Gasteiger partial charge is 0.342 e. The van der Waals surface area contributed by atoms with E-state index in [-0.39, 0.29) is 6.04 Å². The molecule has 0 saturated carbocycles. The van der Waals surface area contributed by atoms with E-state index in [1.807, 2.05) is 31.8 Å². The van der Waals surface area contributed by atoms with Crippen LogP contribution in [0.25, 0.3) is 11.3 Å². The summed E-state index contributed by atoms with van der Waals surface area (Å²) >= 11 is 0. The third kappa shape index (κ3) is 2.24. The molecule has 0 spiro atoms. The Balaban J connectivity index is 2.37. The molecule has 5 heteroatoms. The number of nitrogens with zero attached hydrogens (tertiary/aromatic N) is 3. The molecule has 1 atom stereocenters. The maximum Gasteiger partial charge on any atom is 0.108 e. The molecule has 0 aliphatic rings. The van der Waals surface area contributed by atoms with Crippen LogP contribution in [-0.4, -0.2) is 25.8 Å². The molecular weight excluding hydrogens is 214 g/mol. The second-order valence-electron chi connectivity index (χ2n) is 4.59. The average molecular weight is 233 g/mol. The summed E-state index contributed by atoms with van der Waals surface area (Å²) in [5, 5.41) is 4.40. The van der Waals surface area contributed by atoms with Gasteiger partial charge in [-0.2, -0.15) is 5.10 Å². The Labute approximate surface area is 101 Å². The van der Waals surface area contributed by atoms with Crippen LogP contribution in [-0.2, 0) is 13.5 Å². The maximum absolute atomic E-state index is 5.76. The number of H-pyrrole nitrogens is 1. The SMILES string of the molecule is Cc1nn(C)c(C)c1-c1cnc(CC(C)N)[nH]1. The molecule has 3 N–H and O–H groups in total. The van der Waals surface area contributed by atoms with E-state index in [1.165, 1.54) is 0 Å². The number of hydrogen-bond donors (Lipinski definition) is 2. The minimum Gasteiger partial charge on any atom is -0.342 e. The highest BCUT2D eigenvalue weighted by atomic mass is 15.3. The van der Waals surface area contributed by atoms with Crippen LogP contribution in [0.4, 0.5) is 0 Å². The van der Waals surface area contributed by atoms with E-state index in [1.54, 1.807) is 0 Å². The Bertz CT molecular complexity index is 521. The van der Waals surface area contributed by atoms with Crippen molar-refractivity contribution in [1.29, 1.82) is 0 Å². The number of rotatable bonds is 3. The number of aromatic amines is 1. The highest BCUT2D eigenvalue weighted by Gasteiger charge is 2.14. The first-order chi connectivity index (χ1) is 7.99. The van der Waals surface area contributed by atoms with Crippen molar-refractivity contribution in [3.05, 3.63) is 23.4 Å². The predicted octanol–water partition coefficient (Wildman–Crippen LogP) is 1.32. The lowest BCUT2D eigenvalue weighted by atomic mass is 10.1.